The van der Waals surface area contributed by atoms with E-state index in [1.807, 2.05) is 6.92 Å². The molecule has 1 N–H and O–H groups in total. The van der Waals surface area contributed by atoms with Crippen molar-refractivity contribution in [1.29, 1.82) is 0 Å². The van der Waals surface area contributed by atoms with E-state index < -0.39 is 27.8 Å². The average Bonchev–Trinajstić information content (AvgIpc) is 2.87. The Kier molecular flexibility index (Phi) is 4.05. The van der Waals surface area contributed by atoms with Crippen LogP contribution in [0.15, 0.2) is 17.5 Å². The van der Waals surface area contributed by atoms with Crippen molar-refractivity contribution in [1.82, 2.24) is 10.3 Å². The topological polar surface area (TPSA) is 68.1 Å². The third-order valence-corrected chi connectivity index (χ3v) is 3.76. The first-order valence-corrected chi connectivity index (χ1v) is 6.59. The Balaban J connectivity index is 2.55. The molecule has 2 aromatic rings. The summed E-state index contributed by atoms with van der Waals surface area (Å²) in [6, 6.07) is 1.60. The van der Waals surface area contributed by atoms with Crippen molar-refractivity contribution in [3.8, 4) is 10.6 Å². The summed E-state index contributed by atoms with van der Waals surface area (Å²) in [5.74, 6) is -2.07. The Morgan fingerprint density at radius 3 is 2.75 bits per heavy atom. The number of hydrogen-bond donors (Lipinski definition) is 1. The number of halogens is 2. The van der Waals surface area contributed by atoms with Crippen LogP contribution in [0, 0.1) is 21.7 Å². The van der Waals surface area contributed by atoms with Gasteiger partial charge in [0.25, 0.3) is 0 Å². The van der Waals surface area contributed by atoms with Crippen LogP contribution >= 0.6 is 11.3 Å². The van der Waals surface area contributed by atoms with Gasteiger partial charge in [0.1, 0.15) is 10.8 Å². The Bertz CT molecular complexity index is 660. The molecule has 5 nitrogen and oxygen atoms in total. The lowest BCUT2D eigenvalue weighted by Crippen LogP contribution is -2.12. The third-order valence-electron chi connectivity index (χ3n) is 2.88. The largest absolute Gasteiger partial charge is 0.312 e. The normalized spacial score (nSPS) is 12.4. The maximum atomic E-state index is 14.0. The summed E-state index contributed by atoms with van der Waals surface area (Å²) in [6.07, 6.45) is 0. The molecule has 0 aliphatic rings. The molecule has 0 bridgehead atoms. The molecule has 0 aliphatic carbocycles. The lowest BCUT2D eigenvalue weighted by molar-refractivity contribution is -0.387. The van der Waals surface area contributed by atoms with E-state index in [4.69, 9.17) is 0 Å². The van der Waals surface area contributed by atoms with Gasteiger partial charge in [-0.15, -0.1) is 11.3 Å². The minimum Gasteiger partial charge on any atom is -0.312 e. The number of nitrogens with one attached hydrogen (secondary N) is 1. The molecule has 0 fully saturated rings. The molecule has 0 aliphatic heterocycles. The third kappa shape index (κ3) is 2.52. The summed E-state index contributed by atoms with van der Waals surface area (Å²) in [5, 5.41) is 15.4. The molecular weight excluding hydrogens is 288 g/mol. The number of benzene rings is 1. The van der Waals surface area contributed by atoms with E-state index in [2.05, 4.69) is 10.3 Å². The van der Waals surface area contributed by atoms with E-state index in [9.17, 15) is 18.9 Å². The van der Waals surface area contributed by atoms with E-state index in [0.717, 1.165) is 23.5 Å². The van der Waals surface area contributed by atoms with Crippen molar-refractivity contribution in [3.05, 3.63) is 45.0 Å². The predicted octanol–water partition coefficient (Wildman–Crippen LogP) is 3.28. The van der Waals surface area contributed by atoms with Gasteiger partial charge in [0, 0.05) is 17.5 Å². The summed E-state index contributed by atoms with van der Waals surface area (Å²) < 4.78 is 27.8. The van der Waals surface area contributed by atoms with Crippen LogP contribution < -0.4 is 5.32 Å². The highest BCUT2D eigenvalue weighted by molar-refractivity contribution is 7.13. The molecule has 0 saturated heterocycles. The second-order valence-corrected chi connectivity index (χ2v) is 4.96. The first-order chi connectivity index (χ1) is 9.45. The highest BCUT2D eigenvalue weighted by Gasteiger charge is 2.24. The number of nitro benzene ring substituents is 1. The zero-order valence-electron chi connectivity index (χ0n) is 10.7. The molecule has 0 saturated carbocycles. The van der Waals surface area contributed by atoms with Crippen molar-refractivity contribution < 1.29 is 13.7 Å². The number of aromatic nitrogens is 1. The van der Waals surface area contributed by atoms with E-state index in [1.54, 1.807) is 12.4 Å². The van der Waals surface area contributed by atoms with Crippen LogP contribution in [0.3, 0.4) is 0 Å². The van der Waals surface area contributed by atoms with E-state index in [1.165, 1.54) is 0 Å². The lowest BCUT2D eigenvalue weighted by atomic mass is 10.1. The zero-order chi connectivity index (χ0) is 14.9. The van der Waals surface area contributed by atoms with Gasteiger partial charge in [-0.3, -0.25) is 10.1 Å². The molecule has 1 unspecified atom stereocenters. The molecule has 106 valence electrons. The van der Waals surface area contributed by atoms with E-state index in [-0.39, 0.29) is 11.0 Å². The highest BCUT2D eigenvalue weighted by atomic mass is 32.1. The van der Waals surface area contributed by atoms with E-state index >= 15 is 0 Å². The SMILES string of the molecule is CNC(C)c1csc(-c2c(F)ccc([N+](=O)[O-])c2F)n1. The smallest absolute Gasteiger partial charge is 0.305 e. The van der Waals surface area contributed by atoms with E-state index in [0.29, 0.717) is 5.69 Å². The fourth-order valence-corrected chi connectivity index (χ4v) is 2.58. The lowest BCUT2D eigenvalue weighted by Gasteiger charge is -2.05. The fraction of sp³-hybridized carbons (Fsp3) is 0.250. The quantitative estimate of drug-likeness (QED) is 0.695. The molecule has 1 heterocycles. The number of hydrogen-bond acceptors (Lipinski definition) is 5. The van der Waals surface area contributed by atoms with Gasteiger partial charge in [-0.2, -0.15) is 4.39 Å². The molecule has 20 heavy (non-hydrogen) atoms. The monoisotopic (exact) mass is 299 g/mol. The Morgan fingerprint density at radius 1 is 1.45 bits per heavy atom. The number of nitro groups is 1. The summed E-state index contributed by atoms with van der Waals surface area (Å²) in [5.41, 5.74) is -0.601. The van der Waals surface area contributed by atoms with Crippen molar-refractivity contribution in [2.24, 2.45) is 0 Å². The Hall–Kier alpha value is -1.93. The van der Waals surface area contributed by atoms with Gasteiger partial charge in [0.05, 0.1) is 16.2 Å². The molecule has 2 rings (SSSR count). The van der Waals surface area contributed by atoms with Crippen LogP contribution in [-0.4, -0.2) is 17.0 Å². The van der Waals surface area contributed by atoms with Crippen LogP contribution in [0.2, 0.25) is 0 Å². The average molecular weight is 299 g/mol. The van der Waals surface area contributed by atoms with Crippen molar-refractivity contribution in [3.63, 3.8) is 0 Å². The standard InChI is InChI=1S/C12H11F2N3O2S/c1-6(15-2)8-5-20-12(16-8)10-7(13)3-4-9(11(10)14)17(18)19/h3-6,15H,1-2H3. The van der Waals surface area contributed by atoms with Crippen molar-refractivity contribution in [2.45, 2.75) is 13.0 Å². The first-order valence-electron chi connectivity index (χ1n) is 5.71. The minimum absolute atomic E-state index is 0.0789. The van der Waals surface area contributed by atoms with Crippen molar-refractivity contribution >= 4 is 17.0 Å². The molecule has 1 aromatic heterocycles. The highest BCUT2D eigenvalue weighted by Crippen LogP contribution is 2.34. The minimum atomic E-state index is -1.20. The van der Waals surface area contributed by atoms with Crippen molar-refractivity contribution in [2.75, 3.05) is 7.05 Å². The second kappa shape index (κ2) is 5.59. The van der Waals surface area contributed by atoms with Gasteiger partial charge in [-0.1, -0.05) is 0 Å². The molecule has 1 atom stereocenters. The van der Waals surface area contributed by atoms with Crippen LogP contribution in [0.1, 0.15) is 18.7 Å². The maximum absolute atomic E-state index is 14.0. The van der Waals surface area contributed by atoms with Gasteiger partial charge < -0.3 is 5.32 Å². The summed E-state index contributed by atoms with van der Waals surface area (Å²) >= 11 is 1.04. The van der Waals surface area contributed by atoms with Gasteiger partial charge >= 0.3 is 5.69 Å². The van der Waals surface area contributed by atoms with Gasteiger partial charge in [0.2, 0.25) is 5.82 Å². The number of thiazole rings is 1. The first kappa shape index (κ1) is 14.5. The Morgan fingerprint density at radius 2 is 2.15 bits per heavy atom. The molecule has 1 aromatic carbocycles. The summed E-state index contributed by atoms with van der Waals surface area (Å²) in [6.45, 7) is 1.85. The van der Waals surface area contributed by atoms with Crippen LogP contribution in [-0.2, 0) is 0 Å². The maximum Gasteiger partial charge on any atom is 0.305 e. The molecule has 8 heteroatoms. The Labute approximate surface area is 117 Å². The number of rotatable bonds is 4. The predicted molar refractivity (Wildman–Crippen MR) is 71.6 cm³/mol. The zero-order valence-corrected chi connectivity index (χ0v) is 11.5. The number of nitrogens with zero attached hydrogens (tertiary/aromatic N) is 2. The van der Waals surface area contributed by atoms with Gasteiger partial charge in [0.15, 0.2) is 0 Å². The van der Waals surface area contributed by atoms with Crippen LogP contribution in [0.4, 0.5) is 14.5 Å². The van der Waals surface area contributed by atoms with Crippen LogP contribution in [0.5, 0.6) is 0 Å². The van der Waals surface area contributed by atoms with Gasteiger partial charge in [-0.25, -0.2) is 9.37 Å². The second-order valence-electron chi connectivity index (χ2n) is 4.10. The van der Waals surface area contributed by atoms with Gasteiger partial charge in [-0.05, 0) is 20.0 Å². The van der Waals surface area contributed by atoms with Crippen LogP contribution in [0.25, 0.3) is 10.6 Å². The molecule has 0 amide bonds. The summed E-state index contributed by atoms with van der Waals surface area (Å²) in [4.78, 5) is 13.9. The molecule has 0 spiro atoms. The molecule has 0 radical (unpaired) electrons. The molecular formula is C12H11F2N3O2S. The summed E-state index contributed by atoms with van der Waals surface area (Å²) in [7, 11) is 1.73. The fourth-order valence-electron chi connectivity index (χ4n) is 1.63.